The Morgan fingerprint density at radius 3 is 2.95 bits per heavy atom. The molecular formula is C13H24N4OS. The molecule has 0 aromatic carbocycles. The molecule has 1 rings (SSSR count). The van der Waals surface area contributed by atoms with Gasteiger partial charge in [0.1, 0.15) is 0 Å². The molecule has 0 aliphatic rings. The molecule has 1 aromatic rings. The zero-order valence-corrected chi connectivity index (χ0v) is 13.0. The maximum atomic E-state index is 5.11. The van der Waals surface area contributed by atoms with Gasteiger partial charge in [0.25, 0.3) is 0 Å². The van der Waals surface area contributed by atoms with Crippen LogP contribution in [0.5, 0.6) is 0 Å². The van der Waals surface area contributed by atoms with Crippen molar-refractivity contribution in [3.05, 3.63) is 16.1 Å². The van der Waals surface area contributed by atoms with Crippen molar-refractivity contribution in [1.82, 2.24) is 15.6 Å². The molecule has 0 saturated heterocycles. The van der Waals surface area contributed by atoms with Crippen molar-refractivity contribution in [3.63, 3.8) is 0 Å². The van der Waals surface area contributed by atoms with Gasteiger partial charge in [-0.3, -0.25) is 4.99 Å². The number of guanidine groups is 1. The number of rotatable bonds is 7. The summed E-state index contributed by atoms with van der Waals surface area (Å²) in [4.78, 5) is 8.98. The third-order valence-corrected chi connectivity index (χ3v) is 3.27. The quantitative estimate of drug-likeness (QED) is 0.589. The first kappa shape index (κ1) is 15.9. The Hall–Kier alpha value is -1.14. The van der Waals surface area contributed by atoms with Crippen LogP contribution in [0.2, 0.25) is 0 Å². The summed E-state index contributed by atoms with van der Waals surface area (Å²) in [5.41, 5.74) is 1.12. The Balaban J connectivity index is 2.43. The topological polar surface area (TPSA) is 58.5 Å². The van der Waals surface area contributed by atoms with Gasteiger partial charge in [-0.2, -0.15) is 0 Å². The van der Waals surface area contributed by atoms with Gasteiger partial charge in [-0.25, -0.2) is 4.98 Å². The third kappa shape index (κ3) is 6.54. The highest BCUT2D eigenvalue weighted by molar-refractivity contribution is 7.09. The lowest BCUT2D eigenvalue weighted by Crippen LogP contribution is -2.44. The van der Waals surface area contributed by atoms with E-state index in [-0.39, 0.29) is 6.04 Å². The SMILES string of the molecule is CCNC(=NCCc1csc(C)n1)NC(C)COC. The first-order valence-corrected chi connectivity index (χ1v) is 7.48. The Kier molecular flexibility index (Phi) is 7.43. The zero-order valence-electron chi connectivity index (χ0n) is 12.2. The molecule has 0 aliphatic carbocycles. The molecular weight excluding hydrogens is 260 g/mol. The first-order chi connectivity index (χ1) is 9.15. The largest absolute Gasteiger partial charge is 0.383 e. The molecule has 1 unspecified atom stereocenters. The molecule has 0 radical (unpaired) electrons. The van der Waals surface area contributed by atoms with E-state index in [4.69, 9.17) is 4.74 Å². The van der Waals surface area contributed by atoms with Crippen molar-refractivity contribution in [2.24, 2.45) is 4.99 Å². The lowest BCUT2D eigenvalue weighted by atomic mass is 10.3. The fraction of sp³-hybridized carbons (Fsp3) is 0.692. The Morgan fingerprint density at radius 2 is 2.37 bits per heavy atom. The second kappa shape index (κ2) is 8.87. The Bertz CT molecular complexity index is 392. The van der Waals surface area contributed by atoms with Crippen molar-refractivity contribution in [2.75, 3.05) is 26.8 Å². The minimum atomic E-state index is 0.240. The number of ether oxygens (including phenoxy) is 1. The summed E-state index contributed by atoms with van der Waals surface area (Å²) in [5, 5.41) is 9.74. The molecule has 1 atom stereocenters. The molecule has 0 bridgehead atoms. The molecule has 0 aliphatic heterocycles. The van der Waals surface area contributed by atoms with Crippen molar-refractivity contribution in [3.8, 4) is 0 Å². The smallest absolute Gasteiger partial charge is 0.191 e. The average Bonchev–Trinajstić information content (AvgIpc) is 2.75. The highest BCUT2D eigenvalue weighted by Gasteiger charge is 2.04. The van der Waals surface area contributed by atoms with E-state index in [1.807, 2.05) is 6.92 Å². The molecule has 108 valence electrons. The van der Waals surface area contributed by atoms with E-state index in [0.717, 1.165) is 36.2 Å². The summed E-state index contributed by atoms with van der Waals surface area (Å²) in [7, 11) is 1.70. The van der Waals surface area contributed by atoms with Crippen LogP contribution < -0.4 is 10.6 Å². The lowest BCUT2D eigenvalue weighted by molar-refractivity contribution is 0.179. The number of nitrogens with zero attached hydrogens (tertiary/aromatic N) is 2. The number of aliphatic imine (C=N–C) groups is 1. The lowest BCUT2D eigenvalue weighted by Gasteiger charge is -2.16. The summed E-state index contributed by atoms with van der Waals surface area (Å²) >= 11 is 1.68. The van der Waals surface area contributed by atoms with Crippen molar-refractivity contribution in [2.45, 2.75) is 33.2 Å². The van der Waals surface area contributed by atoms with Crippen molar-refractivity contribution >= 4 is 17.3 Å². The van der Waals surface area contributed by atoms with Crippen LogP contribution in [0.3, 0.4) is 0 Å². The van der Waals surface area contributed by atoms with Gasteiger partial charge in [0.2, 0.25) is 0 Å². The number of hydrogen-bond donors (Lipinski definition) is 2. The van der Waals surface area contributed by atoms with Gasteiger partial charge in [0.15, 0.2) is 5.96 Å². The molecule has 1 aromatic heterocycles. The summed E-state index contributed by atoms with van der Waals surface area (Å²) in [6, 6.07) is 0.240. The number of hydrogen-bond acceptors (Lipinski definition) is 4. The highest BCUT2D eigenvalue weighted by Crippen LogP contribution is 2.08. The molecule has 0 spiro atoms. The van der Waals surface area contributed by atoms with Crippen molar-refractivity contribution in [1.29, 1.82) is 0 Å². The predicted molar refractivity (Wildman–Crippen MR) is 81.0 cm³/mol. The zero-order chi connectivity index (χ0) is 14.1. The van der Waals surface area contributed by atoms with Crippen LogP contribution in [0.4, 0.5) is 0 Å². The second-order valence-electron chi connectivity index (χ2n) is 4.37. The third-order valence-electron chi connectivity index (χ3n) is 2.45. The Labute approximate surface area is 119 Å². The van der Waals surface area contributed by atoms with E-state index in [2.05, 4.69) is 39.8 Å². The van der Waals surface area contributed by atoms with Gasteiger partial charge in [-0.1, -0.05) is 0 Å². The van der Waals surface area contributed by atoms with Gasteiger partial charge < -0.3 is 15.4 Å². The van der Waals surface area contributed by atoms with Crippen LogP contribution in [0.25, 0.3) is 0 Å². The molecule has 2 N–H and O–H groups in total. The fourth-order valence-corrected chi connectivity index (χ4v) is 2.30. The summed E-state index contributed by atoms with van der Waals surface area (Å²) < 4.78 is 5.11. The van der Waals surface area contributed by atoms with E-state index < -0.39 is 0 Å². The fourth-order valence-electron chi connectivity index (χ4n) is 1.65. The molecule has 19 heavy (non-hydrogen) atoms. The van der Waals surface area contributed by atoms with Crippen LogP contribution in [0, 0.1) is 6.92 Å². The van der Waals surface area contributed by atoms with E-state index >= 15 is 0 Å². The second-order valence-corrected chi connectivity index (χ2v) is 5.43. The maximum Gasteiger partial charge on any atom is 0.191 e. The average molecular weight is 284 g/mol. The molecule has 0 fully saturated rings. The van der Waals surface area contributed by atoms with E-state index in [1.54, 1.807) is 18.4 Å². The normalized spacial score (nSPS) is 13.4. The van der Waals surface area contributed by atoms with Crippen LogP contribution in [0.15, 0.2) is 10.4 Å². The summed E-state index contributed by atoms with van der Waals surface area (Å²) in [5.74, 6) is 0.832. The molecule has 1 heterocycles. The first-order valence-electron chi connectivity index (χ1n) is 6.60. The van der Waals surface area contributed by atoms with Gasteiger partial charge >= 0.3 is 0 Å². The molecule has 0 saturated carbocycles. The Morgan fingerprint density at radius 1 is 1.58 bits per heavy atom. The minimum absolute atomic E-state index is 0.240. The summed E-state index contributed by atoms with van der Waals surface area (Å²) in [6.07, 6.45) is 0.875. The number of nitrogens with one attached hydrogen (secondary N) is 2. The van der Waals surface area contributed by atoms with E-state index in [1.165, 1.54) is 0 Å². The van der Waals surface area contributed by atoms with Gasteiger partial charge in [-0.05, 0) is 20.8 Å². The van der Waals surface area contributed by atoms with Crippen LogP contribution >= 0.6 is 11.3 Å². The molecule has 6 heteroatoms. The number of thiazole rings is 1. The van der Waals surface area contributed by atoms with E-state index in [9.17, 15) is 0 Å². The molecule has 5 nitrogen and oxygen atoms in total. The maximum absolute atomic E-state index is 5.11. The minimum Gasteiger partial charge on any atom is -0.383 e. The number of methoxy groups -OCH3 is 1. The van der Waals surface area contributed by atoms with Gasteiger partial charge in [-0.15, -0.1) is 11.3 Å². The van der Waals surface area contributed by atoms with Gasteiger partial charge in [0.05, 0.1) is 17.3 Å². The van der Waals surface area contributed by atoms with E-state index in [0.29, 0.717) is 6.61 Å². The summed E-state index contributed by atoms with van der Waals surface area (Å²) in [6.45, 7) is 8.40. The monoisotopic (exact) mass is 284 g/mol. The van der Waals surface area contributed by atoms with Gasteiger partial charge in [0, 0.05) is 38.0 Å². The van der Waals surface area contributed by atoms with Crippen LogP contribution in [-0.4, -0.2) is 43.8 Å². The molecule has 0 amide bonds. The standard InChI is InChI=1S/C13H24N4OS/c1-5-14-13(16-10(2)8-18-4)15-7-6-12-9-19-11(3)17-12/h9-10H,5-8H2,1-4H3,(H2,14,15,16). The highest BCUT2D eigenvalue weighted by atomic mass is 32.1. The number of aryl methyl sites for hydroxylation is 1. The van der Waals surface area contributed by atoms with Crippen LogP contribution in [-0.2, 0) is 11.2 Å². The van der Waals surface area contributed by atoms with Crippen molar-refractivity contribution < 1.29 is 4.74 Å². The number of aromatic nitrogens is 1. The van der Waals surface area contributed by atoms with Crippen LogP contribution in [0.1, 0.15) is 24.5 Å². The predicted octanol–water partition coefficient (Wildman–Crippen LogP) is 1.58.